The molecule has 10 heteroatoms. The van der Waals surface area contributed by atoms with Crippen molar-refractivity contribution < 1.29 is 27.1 Å². The average molecular weight is 461 g/mol. The molecule has 0 aliphatic heterocycles. The standard InChI is InChI=1S/C17H21BrN2O6S/c1-3-25-10-4-9-20(11-16-19-15(12-26-16)17(21)24-2)27(22,23)14-7-5-13(18)6-8-14/h5-8,12H,3-4,9-11H2,1-2H3. The van der Waals surface area contributed by atoms with Crippen molar-refractivity contribution in [3.05, 3.63) is 46.6 Å². The SMILES string of the molecule is CCOCCCN(Cc1nc(C(=O)OC)co1)S(=O)(=O)c1ccc(Br)cc1. The van der Waals surface area contributed by atoms with Gasteiger partial charge in [0, 0.05) is 24.2 Å². The molecule has 0 radical (unpaired) electrons. The van der Waals surface area contributed by atoms with Gasteiger partial charge < -0.3 is 13.9 Å². The number of halogens is 1. The van der Waals surface area contributed by atoms with Crippen molar-refractivity contribution in [1.82, 2.24) is 9.29 Å². The van der Waals surface area contributed by atoms with Gasteiger partial charge in [0.25, 0.3) is 0 Å². The van der Waals surface area contributed by atoms with E-state index in [9.17, 15) is 13.2 Å². The van der Waals surface area contributed by atoms with E-state index in [1.807, 2.05) is 6.92 Å². The quantitative estimate of drug-likeness (QED) is 0.396. The highest BCUT2D eigenvalue weighted by Gasteiger charge is 2.26. The second kappa shape index (κ2) is 9.98. The molecule has 8 nitrogen and oxygen atoms in total. The molecule has 0 saturated carbocycles. The van der Waals surface area contributed by atoms with E-state index in [0.29, 0.717) is 19.6 Å². The van der Waals surface area contributed by atoms with Gasteiger partial charge in [0.2, 0.25) is 15.9 Å². The maximum atomic E-state index is 13.0. The second-order valence-corrected chi connectivity index (χ2v) is 8.31. The first-order valence-electron chi connectivity index (χ1n) is 8.24. The fraction of sp³-hybridized carbons (Fsp3) is 0.412. The predicted molar refractivity (Wildman–Crippen MR) is 101 cm³/mol. The first kappa shape index (κ1) is 21.5. The molecule has 0 spiro atoms. The van der Waals surface area contributed by atoms with Crippen molar-refractivity contribution in [3.8, 4) is 0 Å². The Kier molecular flexibility index (Phi) is 7.96. The minimum atomic E-state index is -3.78. The predicted octanol–water partition coefficient (Wildman–Crippen LogP) is 2.84. The minimum absolute atomic E-state index is 0.0113. The van der Waals surface area contributed by atoms with Gasteiger partial charge >= 0.3 is 5.97 Å². The summed E-state index contributed by atoms with van der Waals surface area (Å²) in [5, 5.41) is 0. The first-order chi connectivity index (χ1) is 12.9. The van der Waals surface area contributed by atoms with Gasteiger partial charge in [-0.15, -0.1) is 0 Å². The number of rotatable bonds is 10. The molecule has 2 aromatic rings. The molecule has 0 bridgehead atoms. The van der Waals surface area contributed by atoms with Crippen LogP contribution in [0.4, 0.5) is 0 Å². The van der Waals surface area contributed by atoms with E-state index in [1.54, 1.807) is 12.1 Å². The third-order valence-corrected chi connectivity index (χ3v) is 6.00. The summed E-state index contributed by atoms with van der Waals surface area (Å²) in [6.45, 7) is 2.97. The summed E-state index contributed by atoms with van der Waals surface area (Å²) in [5.74, 6) is -0.545. The second-order valence-electron chi connectivity index (χ2n) is 5.46. The number of benzene rings is 1. The number of oxazole rings is 1. The van der Waals surface area contributed by atoms with Gasteiger partial charge in [0.05, 0.1) is 18.6 Å². The molecule has 148 valence electrons. The van der Waals surface area contributed by atoms with Crippen LogP contribution < -0.4 is 0 Å². The summed E-state index contributed by atoms with van der Waals surface area (Å²) in [7, 11) is -2.55. The number of sulfonamides is 1. The third-order valence-electron chi connectivity index (χ3n) is 3.61. The van der Waals surface area contributed by atoms with E-state index in [1.165, 1.54) is 23.5 Å². The number of hydrogen-bond donors (Lipinski definition) is 0. The lowest BCUT2D eigenvalue weighted by Crippen LogP contribution is -2.32. The van der Waals surface area contributed by atoms with Crippen LogP contribution in [0.1, 0.15) is 29.7 Å². The topological polar surface area (TPSA) is 98.9 Å². The van der Waals surface area contributed by atoms with Crippen LogP contribution in [0.2, 0.25) is 0 Å². The lowest BCUT2D eigenvalue weighted by atomic mass is 10.4. The molecule has 0 unspecified atom stereocenters. The Labute approximate surface area is 166 Å². The molecule has 0 atom stereocenters. The van der Waals surface area contributed by atoms with Crippen molar-refractivity contribution in [2.45, 2.75) is 24.8 Å². The highest BCUT2D eigenvalue weighted by molar-refractivity contribution is 9.10. The van der Waals surface area contributed by atoms with E-state index >= 15 is 0 Å². The third kappa shape index (κ3) is 5.86. The summed E-state index contributed by atoms with van der Waals surface area (Å²) < 4.78 is 43.2. The van der Waals surface area contributed by atoms with E-state index in [-0.39, 0.29) is 29.6 Å². The Morgan fingerprint density at radius 2 is 2.00 bits per heavy atom. The molecular weight excluding hydrogens is 440 g/mol. The molecule has 0 fully saturated rings. The van der Waals surface area contributed by atoms with Crippen molar-refractivity contribution in [2.75, 3.05) is 26.9 Å². The molecule has 0 saturated heterocycles. The molecule has 27 heavy (non-hydrogen) atoms. The summed E-state index contributed by atoms with van der Waals surface area (Å²) >= 11 is 3.29. The van der Waals surface area contributed by atoms with Crippen LogP contribution in [0.5, 0.6) is 0 Å². The van der Waals surface area contributed by atoms with Crippen LogP contribution >= 0.6 is 15.9 Å². The molecule has 0 amide bonds. The lowest BCUT2D eigenvalue weighted by Gasteiger charge is -2.21. The monoisotopic (exact) mass is 460 g/mol. The van der Waals surface area contributed by atoms with E-state index < -0.39 is 16.0 Å². The van der Waals surface area contributed by atoms with Gasteiger partial charge in [-0.05, 0) is 37.6 Å². The van der Waals surface area contributed by atoms with Crippen LogP contribution in [0.3, 0.4) is 0 Å². The van der Waals surface area contributed by atoms with Crippen LogP contribution in [0, 0.1) is 0 Å². The van der Waals surface area contributed by atoms with Gasteiger partial charge in [-0.2, -0.15) is 4.31 Å². The number of methoxy groups -OCH3 is 1. The van der Waals surface area contributed by atoms with E-state index in [4.69, 9.17) is 9.15 Å². The molecule has 2 rings (SSSR count). The molecule has 1 aromatic carbocycles. The summed E-state index contributed by atoms with van der Waals surface area (Å²) in [6.07, 6.45) is 1.65. The molecule has 0 aliphatic carbocycles. The van der Waals surface area contributed by atoms with Crippen LogP contribution in [0.25, 0.3) is 0 Å². The summed E-state index contributed by atoms with van der Waals surface area (Å²) in [4.78, 5) is 15.7. The summed E-state index contributed by atoms with van der Waals surface area (Å²) in [5.41, 5.74) is -0.0113. The molecule has 0 N–H and O–H groups in total. The molecule has 1 aromatic heterocycles. The van der Waals surface area contributed by atoms with Crippen LogP contribution in [0.15, 0.2) is 44.3 Å². The number of ether oxygens (including phenoxy) is 2. The van der Waals surface area contributed by atoms with Crippen molar-refractivity contribution in [3.63, 3.8) is 0 Å². The van der Waals surface area contributed by atoms with Gasteiger partial charge in [0.15, 0.2) is 5.69 Å². The smallest absolute Gasteiger partial charge is 0.360 e. The first-order valence-corrected chi connectivity index (χ1v) is 10.5. The zero-order valence-corrected chi connectivity index (χ0v) is 17.5. The van der Waals surface area contributed by atoms with Gasteiger partial charge in [0.1, 0.15) is 6.26 Å². The number of carbonyl (C=O) groups is 1. The highest BCUT2D eigenvalue weighted by atomic mass is 79.9. The molecule has 0 aliphatic rings. The highest BCUT2D eigenvalue weighted by Crippen LogP contribution is 2.21. The Balaban J connectivity index is 2.23. The lowest BCUT2D eigenvalue weighted by molar-refractivity contribution is 0.0594. The Morgan fingerprint density at radius 1 is 1.30 bits per heavy atom. The van der Waals surface area contributed by atoms with Crippen LogP contribution in [-0.4, -0.2) is 50.5 Å². The Bertz CT molecular complexity index is 851. The van der Waals surface area contributed by atoms with Gasteiger partial charge in [-0.3, -0.25) is 0 Å². The zero-order valence-electron chi connectivity index (χ0n) is 15.1. The maximum Gasteiger partial charge on any atom is 0.360 e. The maximum absolute atomic E-state index is 13.0. The number of hydrogen-bond acceptors (Lipinski definition) is 7. The number of carbonyl (C=O) groups excluding carboxylic acids is 1. The van der Waals surface area contributed by atoms with Crippen molar-refractivity contribution >= 4 is 31.9 Å². The molecule has 1 heterocycles. The fourth-order valence-electron chi connectivity index (χ4n) is 2.26. The fourth-order valence-corrected chi connectivity index (χ4v) is 3.95. The number of aromatic nitrogens is 1. The number of nitrogens with zero attached hydrogens (tertiary/aromatic N) is 2. The van der Waals surface area contributed by atoms with E-state index in [0.717, 1.165) is 10.7 Å². The summed E-state index contributed by atoms with van der Waals surface area (Å²) in [6, 6.07) is 6.35. The van der Waals surface area contributed by atoms with Crippen molar-refractivity contribution in [1.29, 1.82) is 0 Å². The Hall–Kier alpha value is -1.75. The van der Waals surface area contributed by atoms with Crippen LogP contribution in [-0.2, 0) is 26.0 Å². The van der Waals surface area contributed by atoms with Gasteiger partial charge in [-0.25, -0.2) is 18.2 Å². The van der Waals surface area contributed by atoms with Gasteiger partial charge in [-0.1, -0.05) is 15.9 Å². The Morgan fingerprint density at radius 3 is 2.63 bits per heavy atom. The van der Waals surface area contributed by atoms with Crippen molar-refractivity contribution in [2.24, 2.45) is 0 Å². The minimum Gasteiger partial charge on any atom is -0.464 e. The zero-order chi connectivity index (χ0) is 19.9. The molecular formula is C17H21BrN2O6S. The largest absolute Gasteiger partial charge is 0.464 e. The van der Waals surface area contributed by atoms with E-state index in [2.05, 4.69) is 25.7 Å². The average Bonchev–Trinajstić information content (AvgIpc) is 3.12. The number of esters is 1. The normalized spacial score (nSPS) is 11.7.